The number of ether oxygens (including phenoxy) is 1. The zero-order valence-corrected chi connectivity index (χ0v) is 18.9. The standard InChI is InChI=1S/C26H26F2N2O5/c27-26(28)21(22(26)24(32)33)12-29-23(31)14-9-10-15(11-14)30-25(34)35-13-20-18-7-3-1-5-16(18)17-6-2-4-8-19(17)20/h1-8,14-15,20-22H,9-13H2,(H,29,31)(H,30,34)(H,32,33)/t14-,15+,21?,22?/m0/s1. The number of carbonyl (C=O) groups excluding carboxylic acids is 2. The zero-order chi connectivity index (χ0) is 24.7. The van der Waals surface area contributed by atoms with Crippen molar-refractivity contribution in [1.82, 2.24) is 10.6 Å². The van der Waals surface area contributed by atoms with Crippen molar-refractivity contribution in [2.75, 3.05) is 13.2 Å². The monoisotopic (exact) mass is 484 g/mol. The first-order valence-corrected chi connectivity index (χ1v) is 11.8. The number of carboxylic acid groups (broad SMARTS) is 1. The van der Waals surface area contributed by atoms with Crippen molar-refractivity contribution in [2.24, 2.45) is 17.8 Å². The van der Waals surface area contributed by atoms with Gasteiger partial charge in [-0.3, -0.25) is 9.59 Å². The third-order valence-corrected chi connectivity index (χ3v) is 7.43. The molecule has 0 bridgehead atoms. The number of carbonyl (C=O) groups is 3. The van der Waals surface area contributed by atoms with Gasteiger partial charge in [0.15, 0.2) is 0 Å². The van der Waals surface area contributed by atoms with Gasteiger partial charge in [-0.1, -0.05) is 48.5 Å². The average molecular weight is 484 g/mol. The highest BCUT2D eigenvalue weighted by Gasteiger charge is 2.72. The minimum Gasteiger partial charge on any atom is -0.481 e. The lowest BCUT2D eigenvalue weighted by atomic mass is 9.98. The highest BCUT2D eigenvalue weighted by molar-refractivity contribution is 5.81. The van der Waals surface area contributed by atoms with Gasteiger partial charge in [0, 0.05) is 24.4 Å². The lowest BCUT2D eigenvalue weighted by molar-refractivity contribution is -0.141. The lowest BCUT2D eigenvalue weighted by Crippen LogP contribution is -2.36. The molecule has 4 atom stereocenters. The van der Waals surface area contributed by atoms with Gasteiger partial charge in [0.1, 0.15) is 12.5 Å². The zero-order valence-electron chi connectivity index (χ0n) is 18.9. The van der Waals surface area contributed by atoms with Gasteiger partial charge in [0.25, 0.3) is 5.92 Å². The third kappa shape index (κ3) is 4.35. The first-order chi connectivity index (χ1) is 16.8. The van der Waals surface area contributed by atoms with Crippen LogP contribution in [0.1, 0.15) is 36.3 Å². The molecule has 7 nitrogen and oxygen atoms in total. The van der Waals surface area contributed by atoms with Crippen LogP contribution < -0.4 is 10.6 Å². The van der Waals surface area contributed by atoms with E-state index in [4.69, 9.17) is 9.84 Å². The maximum Gasteiger partial charge on any atom is 0.407 e. The van der Waals surface area contributed by atoms with Crippen LogP contribution in [0.15, 0.2) is 48.5 Å². The van der Waals surface area contributed by atoms with E-state index in [0.717, 1.165) is 22.3 Å². The molecule has 0 heterocycles. The Kier molecular flexibility index (Phi) is 5.94. The molecule has 2 fully saturated rings. The second-order valence-electron chi connectivity index (χ2n) is 9.52. The van der Waals surface area contributed by atoms with Crippen LogP contribution in [0, 0.1) is 17.8 Å². The van der Waals surface area contributed by atoms with Crippen molar-refractivity contribution in [3.63, 3.8) is 0 Å². The molecule has 0 aliphatic heterocycles. The smallest absolute Gasteiger partial charge is 0.407 e. The molecule has 2 saturated carbocycles. The Bertz CT molecular complexity index is 1120. The van der Waals surface area contributed by atoms with Crippen LogP contribution >= 0.6 is 0 Å². The number of nitrogens with one attached hydrogen (secondary N) is 2. The molecule has 35 heavy (non-hydrogen) atoms. The number of alkyl carbamates (subject to hydrolysis) is 1. The van der Waals surface area contributed by atoms with Crippen LogP contribution in [0.25, 0.3) is 11.1 Å². The van der Waals surface area contributed by atoms with E-state index < -0.39 is 41.6 Å². The summed E-state index contributed by atoms with van der Waals surface area (Å²) in [5, 5.41) is 14.1. The van der Waals surface area contributed by atoms with E-state index in [1.165, 1.54) is 0 Å². The number of rotatable bonds is 7. The summed E-state index contributed by atoms with van der Waals surface area (Å²) in [6.07, 6.45) is 0.891. The van der Waals surface area contributed by atoms with Crippen molar-refractivity contribution in [3.8, 4) is 11.1 Å². The highest BCUT2D eigenvalue weighted by atomic mass is 19.3. The van der Waals surface area contributed by atoms with E-state index in [-0.39, 0.29) is 25.1 Å². The van der Waals surface area contributed by atoms with Crippen LogP contribution in [0.4, 0.5) is 13.6 Å². The minimum absolute atomic E-state index is 0.0505. The summed E-state index contributed by atoms with van der Waals surface area (Å²) in [4.78, 5) is 35.7. The first-order valence-electron chi connectivity index (χ1n) is 11.8. The van der Waals surface area contributed by atoms with E-state index in [2.05, 4.69) is 22.8 Å². The fraction of sp³-hybridized carbons (Fsp3) is 0.423. The van der Waals surface area contributed by atoms with Crippen LogP contribution in [0.2, 0.25) is 0 Å². The molecule has 2 aromatic rings. The molecule has 0 radical (unpaired) electrons. The molecular formula is C26H26F2N2O5. The SMILES string of the molecule is O=C(N[C@@H]1CC[C@H](C(=O)NCC2C(C(=O)O)C2(F)F)C1)OCC1c2ccccc2-c2ccccc21. The van der Waals surface area contributed by atoms with Gasteiger partial charge in [-0.15, -0.1) is 0 Å². The fourth-order valence-corrected chi connectivity index (χ4v) is 5.49. The predicted molar refractivity (Wildman–Crippen MR) is 122 cm³/mol. The molecule has 3 N–H and O–H groups in total. The number of aliphatic carboxylic acids is 1. The number of benzene rings is 2. The Balaban J connectivity index is 1.09. The van der Waals surface area contributed by atoms with Gasteiger partial charge < -0.3 is 20.5 Å². The average Bonchev–Trinajstić information content (AvgIpc) is 3.13. The molecule has 0 spiro atoms. The van der Waals surface area contributed by atoms with Crippen LogP contribution in [-0.2, 0) is 14.3 Å². The van der Waals surface area contributed by atoms with Crippen LogP contribution in [0.3, 0.4) is 0 Å². The number of alkyl halides is 2. The molecule has 3 aliphatic carbocycles. The van der Waals surface area contributed by atoms with Gasteiger partial charge in [-0.2, -0.15) is 0 Å². The third-order valence-electron chi connectivity index (χ3n) is 7.43. The normalized spacial score (nSPS) is 25.9. The number of fused-ring (bicyclic) bond motifs is 3. The largest absolute Gasteiger partial charge is 0.481 e. The van der Waals surface area contributed by atoms with E-state index in [0.29, 0.717) is 19.3 Å². The second-order valence-corrected chi connectivity index (χ2v) is 9.52. The van der Waals surface area contributed by atoms with Crippen molar-refractivity contribution in [2.45, 2.75) is 37.1 Å². The molecule has 9 heteroatoms. The molecular weight excluding hydrogens is 458 g/mol. The van der Waals surface area contributed by atoms with Crippen LogP contribution in [0.5, 0.6) is 0 Å². The summed E-state index contributed by atoms with van der Waals surface area (Å²) in [6, 6.07) is 15.8. The molecule has 2 amide bonds. The molecule has 0 saturated heterocycles. The summed E-state index contributed by atoms with van der Waals surface area (Å²) in [5.41, 5.74) is 4.51. The van der Waals surface area contributed by atoms with E-state index in [9.17, 15) is 23.2 Å². The number of hydrogen-bond donors (Lipinski definition) is 3. The molecule has 2 unspecified atom stereocenters. The quantitative estimate of drug-likeness (QED) is 0.555. The summed E-state index contributed by atoms with van der Waals surface area (Å²) >= 11 is 0. The molecule has 5 rings (SSSR count). The van der Waals surface area contributed by atoms with Gasteiger partial charge >= 0.3 is 12.1 Å². The highest BCUT2D eigenvalue weighted by Crippen LogP contribution is 2.55. The molecule has 0 aromatic heterocycles. The molecule has 2 aromatic carbocycles. The van der Waals surface area contributed by atoms with Crippen molar-refractivity contribution < 1.29 is 33.0 Å². The Morgan fingerprint density at radius 2 is 1.63 bits per heavy atom. The first kappa shape index (κ1) is 23.3. The number of amides is 2. The van der Waals surface area contributed by atoms with E-state index >= 15 is 0 Å². The van der Waals surface area contributed by atoms with Gasteiger partial charge in [0.2, 0.25) is 5.91 Å². The summed E-state index contributed by atoms with van der Waals surface area (Å²) in [7, 11) is 0. The van der Waals surface area contributed by atoms with E-state index in [1.807, 2.05) is 36.4 Å². The summed E-state index contributed by atoms with van der Waals surface area (Å²) < 4.78 is 32.6. The maximum absolute atomic E-state index is 13.5. The molecule has 3 aliphatic rings. The number of halogens is 2. The summed E-state index contributed by atoms with van der Waals surface area (Å²) in [6.45, 7) is -0.180. The van der Waals surface area contributed by atoms with E-state index in [1.54, 1.807) is 0 Å². The van der Waals surface area contributed by atoms with Gasteiger partial charge in [-0.05, 0) is 41.5 Å². The Labute approximate surface area is 200 Å². The van der Waals surface area contributed by atoms with Crippen LogP contribution in [-0.4, -0.2) is 48.2 Å². The predicted octanol–water partition coefficient (Wildman–Crippen LogP) is 3.78. The number of carboxylic acids is 1. The van der Waals surface area contributed by atoms with Crippen molar-refractivity contribution in [1.29, 1.82) is 0 Å². The van der Waals surface area contributed by atoms with Crippen molar-refractivity contribution in [3.05, 3.63) is 59.7 Å². The summed E-state index contributed by atoms with van der Waals surface area (Å²) in [5.74, 6) is -8.83. The minimum atomic E-state index is -3.29. The Morgan fingerprint density at radius 3 is 2.23 bits per heavy atom. The van der Waals surface area contributed by atoms with Crippen molar-refractivity contribution >= 4 is 18.0 Å². The molecule has 184 valence electrons. The van der Waals surface area contributed by atoms with Gasteiger partial charge in [0.05, 0.1) is 5.92 Å². The number of hydrogen-bond acceptors (Lipinski definition) is 4. The maximum atomic E-state index is 13.5. The second kappa shape index (κ2) is 8.94. The fourth-order valence-electron chi connectivity index (χ4n) is 5.49. The topological polar surface area (TPSA) is 105 Å². The Hall–Kier alpha value is -3.49. The Morgan fingerprint density at radius 1 is 1.00 bits per heavy atom. The lowest BCUT2D eigenvalue weighted by Gasteiger charge is -2.17. The van der Waals surface area contributed by atoms with Gasteiger partial charge in [-0.25, -0.2) is 13.6 Å².